The first-order valence-electron chi connectivity index (χ1n) is 11.3. The standard InChI is InChI=1S/C26H25Cl2N5O2S/c1-3-35-21-10-8-20(9-11-21)30-25(34)29-15-24-31-32-26(36-16-18-6-4-5-17(2)13-18)33(24)23-12-7-19(27)14-22(23)28/h4-14H,3,15-16H2,1-2H3,(H2,29,30,34). The molecule has 1 aromatic heterocycles. The Morgan fingerprint density at radius 3 is 2.58 bits per heavy atom. The Morgan fingerprint density at radius 2 is 1.86 bits per heavy atom. The summed E-state index contributed by atoms with van der Waals surface area (Å²) in [5, 5.41) is 16.0. The monoisotopic (exact) mass is 541 g/mol. The number of thioether (sulfide) groups is 1. The summed E-state index contributed by atoms with van der Waals surface area (Å²) in [6, 6.07) is 20.3. The maximum absolute atomic E-state index is 12.5. The normalized spacial score (nSPS) is 10.8. The van der Waals surface area contributed by atoms with E-state index in [4.69, 9.17) is 27.9 Å². The Labute approximate surface area is 224 Å². The topological polar surface area (TPSA) is 81.1 Å². The predicted octanol–water partition coefficient (Wildman–Crippen LogP) is 6.90. The number of urea groups is 1. The number of aryl methyl sites for hydroxylation is 1. The number of hydrogen-bond acceptors (Lipinski definition) is 5. The van der Waals surface area contributed by atoms with E-state index in [1.807, 2.05) is 23.6 Å². The third-order valence-electron chi connectivity index (χ3n) is 5.13. The van der Waals surface area contributed by atoms with Crippen LogP contribution in [0.3, 0.4) is 0 Å². The van der Waals surface area contributed by atoms with Crippen molar-refractivity contribution in [3.8, 4) is 11.4 Å². The first-order chi connectivity index (χ1) is 17.4. The summed E-state index contributed by atoms with van der Waals surface area (Å²) in [4.78, 5) is 12.5. The molecular weight excluding hydrogens is 517 g/mol. The van der Waals surface area contributed by atoms with Crippen LogP contribution in [0, 0.1) is 6.92 Å². The first-order valence-corrected chi connectivity index (χ1v) is 13.0. The zero-order chi connectivity index (χ0) is 25.5. The maximum Gasteiger partial charge on any atom is 0.319 e. The third-order valence-corrected chi connectivity index (χ3v) is 6.67. The van der Waals surface area contributed by atoms with Crippen LogP contribution in [0.1, 0.15) is 23.9 Å². The largest absolute Gasteiger partial charge is 0.494 e. The molecule has 2 amide bonds. The van der Waals surface area contributed by atoms with Crippen molar-refractivity contribution in [3.63, 3.8) is 0 Å². The molecule has 0 spiro atoms. The van der Waals surface area contributed by atoms with E-state index >= 15 is 0 Å². The van der Waals surface area contributed by atoms with Crippen molar-refractivity contribution in [2.24, 2.45) is 0 Å². The highest BCUT2D eigenvalue weighted by Gasteiger charge is 2.18. The SMILES string of the molecule is CCOc1ccc(NC(=O)NCc2nnc(SCc3cccc(C)c3)n2-c2ccc(Cl)cc2Cl)cc1. The van der Waals surface area contributed by atoms with E-state index in [-0.39, 0.29) is 12.6 Å². The van der Waals surface area contributed by atoms with Gasteiger partial charge in [-0.1, -0.05) is 64.8 Å². The fourth-order valence-corrected chi connectivity index (χ4v) is 4.90. The average molecular weight is 542 g/mol. The molecule has 0 saturated heterocycles. The lowest BCUT2D eigenvalue weighted by Gasteiger charge is -2.13. The van der Waals surface area contributed by atoms with Gasteiger partial charge in [0.1, 0.15) is 5.75 Å². The summed E-state index contributed by atoms with van der Waals surface area (Å²) < 4.78 is 7.28. The minimum atomic E-state index is -0.370. The van der Waals surface area contributed by atoms with Gasteiger partial charge in [-0.25, -0.2) is 4.79 Å². The van der Waals surface area contributed by atoms with Gasteiger partial charge in [-0.15, -0.1) is 10.2 Å². The van der Waals surface area contributed by atoms with Crippen molar-refractivity contribution in [1.29, 1.82) is 0 Å². The minimum absolute atomic E-state index is 0.139. The Kier molecular flexibility index (Phi) is 8.74. The number of carbonyl (C=O) groups is 1. The number of nitrogens with one attached hydrogen (secondary N) is 2. The molecule has 0 aliphatic rings. The third kappa shape index (κ3) is 6.72. The van der Waals surface area contributed by atoms with E-state index in [2.05, 4.69) is 46.0 Å². The first kappa shape index (κ1) is 25.9. The number of hydrogen-bond donors (Lipinski definition) is 2. The Bertz CT molecular complexity index is 1340. The summed E-state index contributed by atoms with van der Waals surface area (Å²) in [6.07, 6.45) is 0. The molecule has 10 heteroatoms. The van der Waals surface area contributed by atoms with Crippen molar-refractivity contribution in [2.45, 2.75) is 31.3 Å². The molecule has 0 aliphatic carbocycles. The van der Waals surface area contributed by atoms with E-state index in [1.165, 1.54) is 22.9 Å². The van der Waals surface area contributed by atoms with E-state index in [1.54, 1.807) is 36.4 Å². The van der Waals surface area contributed by atoms with E-state index in [9.17, 15) is 4.79 Å². The molecule has 0 fully saturated rings. The number of nitrogens with zero attached hydrogens (tertiary/aromatic N) is 3. The Morgan fingerprint density at radius 1 is 1.06 bits per heavy atom. The zero-order valence-electron chi connectivity index (χ0n) is 19.8. The molecular formula is C26H25Cl2N5O2S. The molecule has 0 saturated carbocycles. The fraction of sp³-hybridized carbons (Fsp3) is 0.192. The van der Waals surface area contributed by atoms with Gasteiger partial charge >= 0.3 is 6.03 Å². The predicted molar refractivity (Wildman–Crippen MR) is 146 cm³/mol. The van der Waals surface area contributed by atoms with Gasteiger partial charge < -0.3 is 15.4 Å². The van der Waals surface area contributed by atoms with Gasteiger partial charge in [-0.3, -0.25) is 4.57 Å². The minimum Gasteiger partial charge on any atom is -0.494 e. The molecule has 1 heterocycles. The van der Waals surface area contributed by atoms with Crippen LogP contribution in [-0.2, 0) is 12.3 Å². The molecule has 7 nitrogen and oxygen atoms in total. The van der Waals surface area contributed by atoms with Crippen LogP contribution in [0.2, 0.25) is 10.0 Å². The number of carbonyl (C=O) groups excluding carboxylic acids is 1. The van der Waals surface area contributed by atoms with Gasteiger partial charge in [0.15, 0.2) is 11.0 Å². The molecule has 186 valence electrons. The van der Waals surface area contributed by atoms with Gasteiger partial charge in [0, 0.05) is 16.5 Å². The van der Waals surface area contributed by atoms with Crippen LogP contribution in [-0.4, -0.2) is 27.4 Å². The fourth-order valence-electron chi connectivity index (χ4n) is 3.50. The highest BCUT2D eigenvalue weighted by molar-refractivity contribution is 7.98. The van der Waals surface area contributed by atoms with Gasteiger partial charge in [0.2, 0.25) is 0 Å². The van der Waals surface area contributed by atoms with E-state index in [0.717, 1.165) is 5.75 Å². The van der Waals surface area contributed by atoms with E-state index < -0.39 is 0 Å². The van der Waals surface area contributed by atoms with Crippen LogP contribution in [0.5, 0.6) is 5.75 Å². The van der Waals surface area contributed by atoms with Crippen molar-refractivity contribution in [3.05, 3.63) is 93.7 Å². The number of rotatable bonds is 9. The molecule has 0 bridgehead atoms. The number of benzene rings is 3. The maximum atomic E-state index is 12.5. The van der Waals surface area contributed by atoms with Crippen LogP contribution in [0.15, 0.2) is 71.9 Å². The van der Waals surface area contributed by atoms with Crippen molar-refractivity contribution in [1.82, 2.24) is 20.1 Å². The Hall–Kier alpha value is -3.20. The second-order valence-electron chi connectivity index (χ2n) is 7.87. The number of aromatic nitrogens is 3. The van der Waals surface area contributed by atoms with Crippen molar-refractivity contribution in [2.75, 3.05) is 11.9 Å². The van der Waals surface area contributed by atoms with Crippen molar-refractivity contribution < 1.29 is 9.53 Å². The highest BCUT2D eigenvalue weighted by atomic mass is 35.5. The molecule has 36 heavy (non-hydrogen) atoms. The van der Waals surface area contributed by atoms with Crippen LogP contribution in [0.25, 0.3) is 5.69 Å². The summed E-state index contributed by atoms with van der Waals surface area (Å²) in [7, 11) is 0. The van der Waals surface area contributed by atoms with E-state index in [0.29, 0.717) is 44.8 Å². The van der Waals surface area contributed by atoms with Gasteiger partial charge in [0.25, 0.3) is 0 Å². The lowest BCUT2D eigenvalue weighted by atomic mass is 10.2. The number of halogens is 2. The summed E-state index contributed by atoms with van der Waals surface area (Å²) in [5.74, 6) is 1.98. The quantitative estimate of drug-likeness (QED) is 0.225. The average Bonchev–Trinajstić information content (AvgIpc) is 3.25. The van der Waals surface area contributed by atoms with Gasteiger partial charge in [-0.2, -0.15) is 0 Å². The van der Waals surface area contributed by atoms with Gasteiger partial charge in [0.05, 0.1) is 23.9 Å². The highest BCUT2D eigenvalue weighted by Crippen LogP contribution is 2.31. The molecule has 0 atom stereocenters. The van der Waals surface area contributed by atoms with Crippen LogP contribution in [0.4, 0.5) is 10.5 Å². The van der Waals surface area contributed by atoms with Crippen molar-refractivity contribution >= 4 is 46.7 Å². The van der Waals surface area contributed by atoms with Crippen LogP contribution < -0.4 is 15.4 Å². The molecule has 0 unspecified atom stereocenters. The van der Waals surface area contributed by atoms with Gasteiger partial charge in [-0.05, 0) is 61.9 Å². The molecule has 0 aliphatic heterocycles. The van der Waals surface area contributed by atoms with Crippen LogP contribution >= 0.6 is 35.0 Å². The summed E-state index contributed by atoms with van der Waals surface area (Å²) >= 11 is 14.2. The molecule has 4 rings (SSSR count). The lowest BCUT2D eigenvalue weighted by Crippen LogP contribution is -2.29. The number of ether oxygens (including phenoxy) is 1. The smallest absolute Gasteiger partial charge is 0.319 e. The number of amides is 2. The summed E-state index contributed by atoms with van der Waals surface area (Å²) in [6.45, 7) is 4.70. The number of anilines is 1. The lowest BCUT2D eigenvalue weighted by molar-refractivity contribution is 0.251. The second kappa shape index (κ2) is 12.2. The second-order valence-corrected chi connectivity index (χ2v) is 9.66. The molecule has 4 aromatic rings. The zero-order valence-corrected chi connectivity index (χ0v) is 22.1. The molecule has 0 radical (unpaired) electrons. The molecule has 2 N–H and O–H groups in total. The summed E-state index contributed by atoms with van der Waals surface area (Å²) in [5.41, 5.74) is 3.69. The Balaban J connectivity index is 1.51. The molecule has 3 aromatic carbocycles.